The van der Waals surface area contributed by atoms with Crippen molar-refractivity contribution in [3.8, 4) is 11.8 Å². The number of alkyl halides is 1. The molecular weight excluding hydrogens is 222 g/mol. The number of Topliss-reactive ketones (excluding diaryl/α,β-unsaturated/α-hetero) is 1. The lowest BCUT2D eigenvalue weighted by atomic mass is 10.1. The van der Waals surface area contributed by atoms with Gasteiger partial charge in [-0.3, -0.25) is 4.79 Å². The second-order valence-electron chi connectivity index (χ2n) is 3.29. The van der Waals surface area contributed by atoms with Crippen LogP contribution in [0, 0.1) is 11.8 Å². The highest BCUT2D eigenvalue weighted by Crippen LogP contribution is 2.05. The summed E-state index contributed by atoms with van der Waals surface area (Å²) in [6.07, 6.45) is 0.818. The van der Waals surface area contributed by atoms with Gasteiger partial charge >= 0.3 is 0 Å². The van der Waals surface area contributed by atoms with Crippen molar-refractivity contribution in [3.05, 3.63) is 35.4 Å². The zero-order chi connectivity index (χ0) is 11.8. The molecule has 0 fully saturated rings. The minimum Gasteiger partial charge on any atom is -0.319 e. The van der Waals surface area contributed by atoms with Crippen LogP contribution in [0.4, 0.5) is 0 Å². The first-order valence-corrected chi connectivity index (χ1v) is 5.64. The van der Waals surface area contributed by atoms with Gasteiger partial charge in [0.05, 0.1) is 5.88 Å². The molecule has 0 saturated carbocycles. The van der Waals surface area contributed by atoms with E-state index in [1.54, 1.807) is 12.1 Å². The fourth-order valence-corrected chi connectivity index (χ4v) is 1.32. The van der Waals surface area contributed by atoms with E-state index in [9.17, 15) is 4.79 Å². The zero-order valence-corrected chi connectivity index (χ0v) is 9.97. The molecule has 2 nitrogen and oxygen atoms in total. The van der Waals surface area contributed by atoms with Gasteiger partial charge in [0, 0.05) is 24.1 Å². The van der Waals surface area contributed by atoms with Crippen molar-refractivity contribution in [2.75, 3.05) is 19.5 Å². The Kier molecular flexibility index (Phi) is 5.63. The van der Waals surface area contributed by atoms with E-state index in [0.29, 0.717) is 5.56 Å². The Morgan fingerprint density at radius 3 is 2.62 bits per heavy atom. The van der Waals surface area contributed by atoms with Crippen molar-refractivity contribution in [2.24, 2.45) is 0 Å². The third-order valence-electron chi connectivity index (χ3n) is 2.06. The number of benzene rings is 1. The Morgan fingerprint density at radius 2 is 2.06 bits per heavy atom. The SMILES string of the molecule is CNCCC#Cc1ccc(C(=O)CCl)cc1. The van der Waals surface area contributed by atoms with Crippen molar-refractivity contribution in [1.82, 2.24) is 5.32 Å². The Bertz CT molecular complexity index is 400. The fraction of sp³-hybridized carbons (Fsp3) is 0.308. The summed E-state index contributed by atoms with van der Waals surface area (Å²) in [6, 6.07) is 7.19. The Labute approximate surface area is 101 Å². The van der Waals surface area contributed by atoms with E-state index < -0.39 is 0 Å². The predicted octanol–water partition coefficient (Wildman–Crippen LogP) is 2.07. The van der Waals surface area contributed by atoms with Gasteiger partial charge in [-0.1, -0.05) is 24.0 Å². The summed E-state index contributed by atoms with van der Waals surface area (Å²) in [4.78, 5) is 11.2. The highest BCUT2D eigenvalue weighted by Gasteiger charge is 2.02. The van der Waals surface area contributed by atoms with Crippen molar-refractivity contribution in [2.45, 2.75) is 6.42 Å². The van der Waals surface area contributed by atoms with Crippen LogP contribution in [0.3, 0.4) is 0 Å². The van der Waals surface area contributed by atoms with Gasteiger partial charge in [0.2, 0.25) is 0 Å². The molecule has 16 heavy (non-hydrogen) atoms. The van der Waals surface area contributed by atoms with Crippen molar-refractivity contribution in [1.29, 1.82) is 0 Å². The fourth-order valence-electron chi connectivity index (χ4n) is 1.17. The van der Waals surface area contributed by atoms with E-state index in [1.165, 1.54) is 0 Å². The normalized spacial score (nSPS) is 9.38. The lowest BCUT2D eigenvalue weighted by molar-refractivity contribution is 0.102. The molecule has 0 atom stereocenters. The smallest absolute Gasteiger partial charge is 0.177 e. The number of halogens is 1. The maximum Gasteiger partial charge on any atom is 0.177 e. The van der Waals surface area contributed by atoms with E-state index in [-0.39, 0.29) is 11.7 Å². The van der Waals surface area contributed by atoms with E-state index in [2.05, 4.69) is 17.2 Å². The topological polar surface area (TPSA) is 29.1 Å². The average Bonchev–Trinajstić information content (AvgIpc) is 2.34. The number of nitrogens with one attached hydrogen (secondary N) is 1. The maximum absolute atomic E-state index is 11.2. The molecule has 1 N–H and O–H groups in total. The van der Waals surface area contributed by atoms with Crippen molar-refractivity contribution < 1.29 is 4.79 Å². The van der Waals surface area contributed by atoms with Crippen molar-refractivity contribution in [3.63, 3.8) is 0 Å². The van der Waals surface area contributed by atoms with Gasteiger partial charge in [0.15, 0.2) is 5.78 Å². The summed E-state index contributed by atoms with van der Waals surface area (Å²) in [5, 5.41) is 3.02. The summed E-state index contributed by atoms with van der Waals surface area (Å²) in [5.74, 6) is 6.03. The van der Waals surface area contributed by atoms with Crippen LogP contribution in [-0.2, 0) is 0 Å². The molecule has 84 valence electrons. The van der Waals surface area contributed by atoms with Gasteiger partial charge in [0.1, 0.15) is 0 Å². The molecule has 0 spiro atoms. The van der Waals surface area contributed by atoms with Crippen LogP contribution in [0.25, 0.3) is 0 Å². The first-order chi connectivity index (χ1) is 7.77. The first-order valence-electron chi connectivity index (χ1n) is 5.10. The molecule has 0 aliphatic heterocycles. The number of carbonyl (C=O) groups excluding carboxylic acids is 1. The summed E-state index contributed by atoms with van der Waals surface area (Å²) in [5.41, 5.74) is 1.55. The largest absolute Gasteiger partial charge is 0.319 e. The van der Waals surface area contributed by atoms with Crippen LogP contribution >= 0.6 is 11.6 Å². The first kappa shape index (κ1) is 12.8. The minimum absolute atomic E-state index is 0.0210. The second-order valence-corrected chi connectivity index (χ2v) is 3.56. The summed E-state index contributed by atoms with van der Waals surface area (Å²) in [6.45, 7) is 0.885. The van der Waals surface area contributed by atoms with Crippen LogP contribution in [0.15, 0.2) is 24.3 Å². The molecule has 0 aliphatic carbocycles. The third kappa shape index (κ3) is 4.06. The molecule has 0 aromatic heterocycles. The summed E-state index contributed by atoms with van der Waals surface area (Å²) < 4.78 is 0. The number of hydrogen-bond donors (Lipinski definition) is 1. The van der Waals surface area contributed by atoms with Gasteiger partial charge in [-0.25, -0.2) is 0 Å². The number of ketones is 1. The number of hydrogen-bond acceptors (Lipinski definition) is 2. The minimum atomic E-state index is -0.0589. The van der Waals surface area contributed by atoms with Crippen LogP contribution in [-0.4, -0.2) is 25.3 Å². The highest BCUT2D eigenvalue weighted by molar-refractivity contribution is 6.30. The summed E-state index contributed by atoms with van der Waals surface area (Å²) >= 11 is 5.46. The van der Waals surface area contributed by atoms with Gasteiger partial charge < -0.3 is 5.32 Å². The van der Waals surface area contributed by atoms with Crippen LogP contribution in [0.2, 0.25) is 0 Å². The highest BCUT2D eigenvalue weighted by atomic mass is 35.5. The Balaban J connectivity index is 2.63. The molecule has 0 radical (unpaired) electrons. The molecular formula is C13H14ClNO. The van der Waals surface area contributed by atoms with E-state index in [4.69, 9.17) is 11.6 Å². The molecule has 0 aliphatic rings. The van der Waals surface area contributed by atoms with Gasteiger partial charge in [-0.2, -0.15) is 0 Å². The van der Waals surface area contributed by atoms with E-state index in [0.717, 1.165) is 18.5 Å². The Morgan fingerprint density at radius 1 is 1.38 bits per heavy atom. The quantitative estimate of drug-likeness (QED) is 0.375. The summed E-state index contributed by atoms with van der Waals surface area (Å²) in [7, 11) is 1.90. The molecule has 1 aromatic carbocycles. The maximum atomic E-state index is 11.2. The molecule has 0 heterocycles. The standard InChI is InChI=1S/C13H14ClNO/c1-15-9-3-2-4-11-5-7-12(8-6-11)13(16)10-14/h5-8,15H,3,9-10H2,1H3. The molecule has 0 bridgehead atoms. The van der Waals surface area contributed by atoms with Crippen LogP contribution in [0.5, 0.6) is 0 Å². The average molecular weight is 236 g/mol. The molecule has 0 amide bonds. The van der Waals surface area contributed by atoms with E-state index in [1.807, 2.05) is 19.2 Å². The van der Waals surface area contributed by atoms with Crippen LogP contribution < -0.4 is 5.32 Å². The second kappa shape index (κ2) is 7.05. The van der Waals surface area contributed by atoms with Gasteiger partial charge in [0.25, 0.3) is 0 Å². The third-order valence-corrected chi connectivity index (χ3v) is 2.30. The van der Waals surface area contributed by atoms with Crippen molar-refractivity contribution >= 4 is 17.4 Å². The number of rotatable bonds is 4. The molecule has 3 heteroatoms. The monoisotopic (exact) mass is 235 g/mol. The molecule has 0 saturated heterocycles. The van der Waals surface area contributed by atoms with Gasteiger partial charge in [-0.15, -0.1) is 11.6 Å². The number of carbonyl (C=O) groups is 1. The van der Waals surface area contributed by atoms with E-state index >= 15 is 0 Å². The lowest BCUT2D eigenvalue weighted by Crippen LogP contribution is -2.05. The predicted molar refractivity (Wildman–Crippen MR) is 66.9 cm³/mol. The van der Waals surface area contributed by atoms with Gasteiger partial charge in [-0.05, 0) is 19.2 Å². The lowest BCUT2D eigenvalue weighted by Gasteiger charge is -1.96. The Hall–Kier alpha value is -1.30. The molecule has 1 aromatic rings. The zero-order valence-electron chi connectivity index (χ0n) is 9.22. The molecule has 0 unspecified atom stereocenters. The molecule has 1 rings (SSSR count). The van der Waals surface area contributed by atoms with Crippen LogP contribution in [0.1, 0.15) is 22.3 Å².